The Kier molecular flexibility index (Phi) is 3.38. The van der Waals surface area contributed by atoms with Crippen LogP contribution in [0.2, 0.25) is 0 Å². The fourth-order valence-electron chi connectivity index (χ4n) is 1.95. The van der Waals surface area contributed by atoms with Crippen molar-refractivity contribution in [1.82, 2.24) is 19.5 Å². The number of benzene rings is 1. The largest absolute Gasteiger partial charge is 0.488 e. The van der Waals surface area contributed by atoms with Gasteiger partial charge in [-0.2, -0.15) is 0 Å². The average Bonchev–Trinajstić information content (AvgIpc) is 2.92. The van der Waals surface area contributed by atoms with Crippen LogP contribution in [0.5, 0.6) is 0 Å². The second-order valence-corrected chi connectivity index (χ2v) is 4.71. The van der Waals surface area contributed by atoms with Crippen LogP contribution in [0.15, 0.2) is 36.9 Å². The van der Waals surface area contributed by atoms with Crippen molar-refractivity contribution in [2.45, 2.75) is 0 Å². The molecule has 0 saturated carbocycles. The molecule has 0 amide bonds. The Hall–Kier alpha value is -2.36. The molecule has 21 heavy (non-hydrogen) atoms. The van der Waals surface area contributed by atoms with E-state index in [-0.39, 0.29) is 5.91 Å². The summed E-state index contributed by atoms with van der Waals surface area (Å²) in [7, 11) is -1.56. The lowest BCUT2D eigenvalue weighted by Crippen LogP contribution is -2.29. The number of fused-ring (bicyclic) bond motifs is 1. The summed E-state index contributed by atoms with van der Waals surface area (Å²) in [6, 6.07) is 5.97. The molecule has 3 N–H and O–H groups in total. The van der Waals surface area contributed by atoms with Gasteiger partial charge in [0.15, 0.2) is 4.64 Å². The van der Waals surface area contributed by atoms with Gasteiger partial charge in [0.05, 0.1) is 6.33 Å². The van der Waals surface area contributed by atoms with Gasteiger partial charge in [-0.1, -0.05) is 24.4 Å². The van der Waals surface area contributed by atoms with Crippen LogP contribution in [-0.2, 0) is 0 Å². The summed E-state index contributed by atoms with van der Waals surface area (Å²) in [6.45, 7) is 0. The highest BCUT2D eigenvalue weighted by atomic mass is 32.1. The van der Waals surface area contributed by atoms with Crippen LogP contribution < -0.4 is 5.46 Å². The zero-order valence-corrected chi connectivity index (χ0v) is 11.4. The Bertz CT molecular complexity index is 872. The Morgan fingerprint density at radius 1 is 1.24 bits per heavy atom. The molecular weight excluding hydrogens is 291 g/mol. The van der Waals surface area contributed by atoms with Gasteiger partial charge in [0.2, 0.25) is 0 Å². The molecule has 0 fully saturated rings. The standard InChI is InChI=1S/C12H9BN4O3S/c18-12(7-1-3-8(4-2-7)13(19)20)17-6-16-9-10(17)14-5-15-11(9)21/h1-6,19-20H,(H,14,15,21). The molecule has 0 aliphatic carbocycles. The molecule has 0 atom stereocenters. The van der Waals surface area contributed by atoms with Gasteiger partial charge in [-0.25, -0.2) is 14.5 Å². The summed E-state index contributed by atoms with van der Waals surface area (Å²) in [5.41, 5.74) is 1.61. The highest BCUT2D eigenvalue weighted by Crippen LogP contribution is 2.12. The zero-order chi connectivity index (χ0) is 15.0. The van der Waals surface area contributed by atoms with Crippen LogP contribution in [0.3, 0.4) is 0 Å². The third-order valence-corrected chi connectivity index (χ3v) is 3.33. The monoisotopic (exact) mass is 300 g/mol. The van der Waals surface area contributed by atoms with E-state index in [1.165, 1.54) is 41.5 Å². The number of imidazole rings is 1. The number of nitrogens with one attached hydrogen (secondary N) is 1. The molecule has 0 unspecified atom stereocenters. The van der Waals surface area contributed by atoms with Crippen molar-refractivity contribution in [3.8, 4) is 0 Å². The maximum Gasteiger partial charge on any atom is 0.488 e. The second kappa shape index (κ2) is 5.21. The molecule has 0 aliphatic heterocycles. The molecule has 2 heterocycles. The topological polar surface area (TPSA) is 104 Å². The van der Waals surface area contributed by atoms with Crippen molar-refractivity contribution in [2.75, 3.05) is 0 Å². The van der Waals surface area contributed by atoms with E-state index in [1.54, 1.807) is 0 Å². The molecule has 0 saturated heterocycles. The van der Waals surface area contributed by atoms with Crippen LogP contribution in [-0.4, -0.2) is 42.6 Å². The van der Waals surface area contributed by atoms with E-state index in [0.29, 0.717) is 26.8 Å². The first-order valence-corrected chi connectivity index (χ1v) is 6.40. The smallest absolute Gasteiger partial charge is 0.423 e. The van der Waals surface area contributed by atoms with E-state index in [1.807, 2.05) is 0 Å². The summed E-state index contributed by atoms with van der Waals surface area (Å²) in [5.74, 6) is -0.312. The molecule has 0 radical (unpaired) electrons. The molecule has 0 aliphatic rings. The van der Waals surface area contributed by atoms with Crippen LogP contribution in [0.1, 0.15) is 10.4 Å². The van der Waals surface area contributed by atoms with Gasteiger partial charge in [-0.3, -0.25) is 4.79 Å². The summed E-state index contributed by atoms with van der Waals surface area (Å²) < 4.78 is 1.64. The average molecular weight is 300 g/mol. The van der Waals surface area contributed by atoms with Gasteiger partial charge in [-0.15, -0.1) is 0 Å². The molecule has 3 aromatic rings. The summed E-state index contributed by atoms with van der Waals surface area (Å²) in [6.07, 6.45) is 2.77. The SMILES string of the molecule is O=C(c1ccc(B(O)O)cc1)n1cnc2c(=S)nc[nH]c21. The lowest BCUT2D eigenvalue weighted by Gasteiger charge is -2.04. The van der Waals surface area contributed by atoms with Crippen LogP contribution in [0.4, 0.5) is 0 Å². The van der Waals surface area contributed by atoms with E-state index < -0.39 is 7.12 Å². The van der Waals surface area contributed by atoms with E-state index in [4.69, 9.17) is 22.3 Å². The Labute approximate surface area is 124 Å². The van der Waals surface area contributed by atoms with E-state index >= 15 is 0 Å². The first-order chi connectivity index (χ1) is 10.1. The molecule has 0 bridgehead atoms. The van der Waals surface area contributed by atoms with Crippen LogP contribution >= 0.6 is 12.2 Å². The first kappa shape index (κ1) is 13.6. The van der Waals surface area contributed by atoms with Crippen LogP contribution in [0, 0.1) is 4.64 Å². The third kappa shape index (κ3) is 2.37. The third-order valence-electron chi connectivity index (χ3n) is 3.03. The summed E-state index contributed by atoms with van der Waals surface area (Å²) in [4.78, 5) is 23.3. The number of hydrogen-bond acceptors (Lipinski definition) is 6. The van der Waals surface area contributed by atoms with E-state index in [9.17, 15) is 4.79 Å². The minimum atomic E-state index is -1.56. The predicted octanol–water partition coefficient (Wildman–Crippen LogP) is -0.143. The minimum Gasteiger partial charge on any atom is -0.423 e. The summed E-state index contributed by atoms with van der Waals surface area (Å²) >= 11 is 5.04. The molecule has 0 spiro atoms. The van der Waals surface area contributed by atoms with Crippen molar-refractivity contribution in [3.05, 3.63) is 47.1 Å². The molecular formula is C12H9BN4O3S. The fraction of sp³-hybridized carbons (Fsp3) is 0. The van der Waals surface area contributed by atoms with Crippen molar-refractivity contribution in [2.24, 2.45) is 0 Å². The van der Waals surface area contributed by atoms with Gasteiger partial charge in [0.1, 0.15) is 17.5 Å². The molecule has 3 rings (SSSR count). The quantitative estimate of drug-likeness (QED) is 0.449. The lowest BCUT2D eigenvalue weighted by atomic mass is 9.80. The molecule has 104 valence electrons. The van der Waals surface area contributed by atoms with Crippen molar-refractivity contribution < 1.29 is 14.8 Å². The Morgan fingerprint density at radius 3 is 2.62 bits per heavy atom. The van der Waals surface area contributed by atoms with Gasteiger partial charge < -0.3 is 15.0 Å². The minimum absolute atomic E-state index is 0.311. The second-order valence-electron chi connectivity index (χ2n) is 4.32. The highest BCUT2D eigenvalue weighted by molar-refractivity contribution is 7.71. The number of carbonyl (C=O) groups is 1. The first-order valence-electron chi connectivity index (χ1n) is 5.99. The van der Waals surface area contributed by atoms with Gasteiger partial charge in [0.25, 0.3) is 5.91 Å². The van der Waals surface area contributed by atoms with Crippen molar-refractivity contribution >= 4 is 41.9 Å². The number of hydrogen-bond donors (Lipinski definition) is 3. The molecule has 2 aromatic heterocycles. The van der Waals surface area contributed by atoms with Crippen molar-refractivity contribution in [1.29, 1.82) is 0 Å². The predicted molar refractivity (Wildman–Crippen MR) is 78.7 cm³/mol. The van der Waals surface area contributed by atoms with Gasteiger partial charge in [-0.05, 0) is 17.6 Å². The van der Waals surface area contributed by atoms with Gasteiger partial charge in [0, 0.05) is 5.56 Å². The van der Waals surface area contributed by atoms with E-state index in [0.717, 1.165) is 0 Å². The molecule has 1 aromatic carbocycles. The normalized spacial score (nSPS) is 10.8. The molecule has 9 heteroatoms. The lowest BCUT2D eigenvalue weighted by molar-refractivity contribution is 0.0964. The Morgan fingerprint density at radius 2 is 1.95 bits per heavy atom. The Balaban J connectivity index is 2.04. The number of aromatic nitrogens is 4. The number of aromatic amines is 1. The van der Waals surface area contributed by atoms with E-state index in [2.05, 4.69) is 15.0 Å². The summed E-state index contributed by atoms with van der Waals surface area (Å²) in [5, 5.41) is 18.1. The van der Waals surface area contributed by atoms with Gasteiger partial charge >= 0.3 is 7.12 Å². The maximum absolute atomic E-state index is 12.4. The highest BCUT2D eigenvalue weighted by Gasteiger charge is 2.15. The number of carbonyl (C=O) groups excluding carboxylic acids is 1. The fourth-order valence-corrected chi connectivity index (χ4v) is 2.15. The zero-order valence-electron chi connectivity index (χ0n) is 10.6. The maximum atomic E-state index is 12.4. The molecule has 7 nitrogen and oxygen atoms in total. The number of H-pyrrole nitrogens is 1. The number of nitrogens with zero attached hydrogens (tertiary/aromatic N) is 3. The number of rotatable bonds is 2. The van der Waals surface area contributed by atoms with Crippen molar-refractivity contribution in [3.63, 3.8) is 0 Å². The van der Waals surface area contributed by atoms with Crippen LogP contribution in [0.25, 0.3) is 11.2 Å².